The number of alkyl halides is 2. The molecule has 0 aliphatic heterocycles. The Morgan fingerprint density at radius 2 is 1.63 bits per heavy atom. The molecule has 1 amide bonds. The minimum absolute atomic E-state index is 0.139. The van der Waals surface area contributed by atoms with Crippen LogP contribution in [0.2, 0.25) is 0 Å². The van der Waals surface area contributed by atoms with E-state index in [1.54, 1.807) is 13.0 Å². The van der Waals surface area contributed by atoms with Gasteiger partial charge in [0.15, 0.2) is 6.61 Å². The Kier molecular flexibility index (Phi) is 8.30. The predicted molar refractivity (Wildman–Crippen MR) is 124 cm³/mol. The second-order valence-corrected chi connectivity index (χ2v) is 9.86. The van der Waals surface area contributed by atoms with E-state index in [1.807, 2.05) is 30.3 Å². The van der Waals surface area contributed by atoms with Gasteiger partial charge >= 0.3 is 17.7 Å². The summed E-state index contributed by atoms with van der Waals surface area (Å²) in [5, 5.41) is 2.52. The maximum atomic E-state index is 12.6. The molecule has 0 aliphatic rings. The molecule has 8 nitrogen and oxygen atoms in total. The molecule has 35 heavy (non-hydrogen) atoms. The van der Waals surface area contributed by atoms with E-state index in [2.05, 4.69) is 5.32 Å². The van der Waals surface area contributed by atoms with Gasteiger partial charge < -0.3 is 14.8 Å². The number of carbonyl (C=O) groups is 3. The molecule has 0 saturated carbocycles. The van der Waals surface area contributed by atoms with Gasteiger partial charge in [-0.15, -0.1) is 11.3 Å². The monoisotopic (exact) mass is 523 g/mol. The predicted octanol–water partition coefficient (Wildman–Crippen LogP) is 4.38. The molecule has 0 bridgehead atoms. The zero-order valence-electron chi connectivity index (χ0n) is 18.2. The van der Waals surface area contributed by atoms with Gasteiger partial charge in [0.2, 0.25) is 9.84 Å². The summed E-state index contributed by atoms with van der Waals surface area (Å²) in [6.45, 7) is 1.07. The highest BCUT2D eigenvalue weighted by Crippen LogP contribution is 2.35. The van der Waals surface area contributed by atoms with Gasteiger partial charge in [-0.1, -0.05) is 30.3 Å². The summed E-state index contributed by atoms with van der Waals surface area (Å²) in [5.41, 5.74) is 0.877. The Labute approximate surface area is 203 Å². The number of hydrogen-bond donors (Lipinski definition) is 1. The largest absolute Gasteiger partial charge is 0.462 e. The van der Waals surface area contributed by atoms with Crippen molar-refractivity contribution in [1.82, 2.24) is 0 Å². The molecule has 0 saturated heterocycles. The van der Waals surface area contributed by atoms with Gasteiger partial charge in [-0.05, 0) is 42.8 Å². The van der Waals surface area contributed by atoms with Crippen molar-refractivity contribution in [3.8, 4) is 10.4 Å². The Bertz CT molecular complexity index is 1320. The van der Waals surface area contributed by atoms with Crippen LogP contribution < -0.4 is 5.32 Å². The van der Waals surface area contributed by atoms with E-state index in [1.165, 1.54) is 0 Å². The average molecular weight is 524 g/mol. The number of esters is 2. The summed E-state index contributed by atoms with van der Waals surface area (Å²) < 4.78 is 58.1. The zero-order valence-corrected chi connectivity index (χ0v) is 19.8. The molecular formula is C23H19F2NO7S2. The lowest BCUT2D eigenvalue weighted by molar-refractivity contribution is -0.119. The van der Waals surface area contributed by atoms with Gasteiger partial charge in [0, 0.05) is 4.88 Å². The van der Waals surface area contributed by atoms with Crippen molar-refractivity contribution in [2.24, 2.45) is 0 Å². The summed E-state index contributed by atoms with van der Waals surface area (Å²) in [6.07, 6.45) is 0. The highest BCUT2D eigenvalue weighted by atomic mass is 32.2. The minimum Gasteiger partial charge on any atom is -0.462 e. The molecule has 1 heterocycles. The summed E-state index contributed by atoms with van der Waals surface area (Å²) in [6, 6.07) is 14.5. The first-order chi connectivity index (χ1) is 16.6. The van der Waals surface area contributed by atoms with Gasteiger partial charge in [-0.25, -0.2) is 18.0 Å². The van der Waals surface area contributed by atoms with E-state index in [0.29, 0.717) is 4.88 Å². The van der Waals surface area contributed by atoms with Gasteiger partial charge in [0.1, 0.15) is 4.88 Å². The van der Waals surface area contributed by atoms with Gasteiger partial charge in [0.05, 0.1) is 22.8 Å². The molecule has 184 valence electrons. The fourth-order valence-corrected chi connectivity index (χ4v) is 4.60. The number of amides is 1. The first kappa shape index (κ1) is 26.0. The van der Waals surface area contributed by atoms with Crippen molar-refractivity contribution in [2.75, 3.05) is 18.5 Å². The SMILES string of the molecule is CCOC(=O)c1sc(-c2ccccc2)cc1NC(=O)COC(=O)c1ccc(S(=O)(=O)C(F)F)cc1. The van der Waals surface area contributed by atoms with Crippen LogP contribution in [0.15, 0.2) is 65.6 Å². The smallest absolute Gasteiger partial charge is 0.350 e. The first-order valence-electron chi connectivity index (χ1n) is 10.1. The van der Waals surface area contributed by atoms with Crippen molar-refractivity contribution in [3.63, 3.8) is 0 Å². The van der Waals surface area contributed by atoms with Crippen molar-refractivity contribution < 1.29 is 41.1 Å². The van der Waals surface area contributed by atoms with Crippen LogP contribution in [0.5, 0.6) is 0 Å². The number of sulfone groups is 1. The topological polar surface area (TPSA) is 116 Å². The Balaban J connectivity index is 1.68. The highest BCUT2D eigenvalue weighted by Gasteiger charge is 2.27. The summed E-state index contributed by atoms with van der Waals surface area (Å²) in [7, 11) is -4.80. The standard InChI is InChI=1S/C23H19F2NO7S2/c1-2-32-22(29)20-17(12-18(34-20)14-6-4-3-5-7-14)26-19(27)13-33-21(28)15-8-10-16(11-9-15)35(30,31)23(24)25/h3-12,23H,2,13H2,1H3,(H,26,27). The molecule has 0 aliphatic carbocycles. The quantitative estimate of drug-likeness (QED) is 0.414. The first-order valence-corrected chi connectivity index (χ1v) is 12.4. The molecule has 0 fully saturated rings. The molecule has 2 aromatic carbocycles. The minimum atomic E-state index is -4.80. The number of halogens is 2. The maximum absolute atomic E-state index is 12.6. The molecule has 3 rings (SSSR count). The number of anilines is 1. The molecule has 12 heteroatoms. The van der Waals surface area contributed by atoms with Gasteiger partial charge in [-0.2, -0.15) is 8.78 Å². The second-order valence-electron chi connectivity index (χ2n) is 6.89. The lowest BCUT2D eigenvalue weighted by atomic mass is 10.2. The number of benzene rings is 2. The fourth-order valence-electron chi connectivity index (χ4n) is 2.86. The van der Waals surface area contributed by atoms with Crippen LogP contribution in [0.3, 0.4) is 0 Å². The summed E-state index contributed by atoms with van der Waals surface area (Å²) >= 11 is 1.13. The average Bonchev–Trinajstić information content (AvgIpc) is 3.27. The molecule has 0 radical (unpaired) electrons. The third-order valence-corrected chi connectivity index (χ3v) is 7.08. The van der Waals surface area contributed by atoms with E-state index in [4.69, 9.17) is 9.47 Å². The molecule has 0 spiro atoms. The van der Waals surface area contributed by atoms with Crippen molar-refractivity contribution >= 4 is 44.7 Å². The Morgan fingerprint density at radius 1 is 0.971 bits per heavy atom. The number of thiophene rings is 1. The van der Waals surface area contributed by atoms with Crippen molar-refractivity contribution in [1.29, 1.82) is 0 Å². The van der Waals surface area contributed by atoms with Crippen LogP contribution in [0.4, 0.5) is 14.5 Å². The maximum Gasteiger partial charge on any atom is 0.350 e. The third kappa shape index (κ3) is 6.28. The van der Waals surface area contributed by atoms with E-state index >= 15 is 0 Å². The van der Waals surface area contributed by atoms with E-state index in [9.17, 15) is 31.6 Å². The van der Waals surface area contributed by atoms with Crippen LogP contribution in [-0.2, 0) is 24.1 Å². The van der Waals surface area contributed by atoms with Gasteiger partial charge in [0.25, 0.3) is 5.91 Å². The summed E-state index contributed by atoms with van der Waals surface area (Å²) in [4.78, 5) is 37.1. The number of nitrogens with one attached hydrogen (secondary N) is 1. The van der Waals surface area contributed by atoms with E-state index in [0.717, 1.165) is 41.2 Å². The third-order valence-electron chi connectivity index (χ3n) is 4.51. The number of rotatable bonds is 9. The van der Waals surface area contributed by atoms with Crippen molar-refractivity contribution in [3.05, 3.63) is 71.1 Å². The van der Waals surface area contributed by atoms with E-state index in [-0.39, 0.29) is 22.7 Å². The lowest BCUT2D eigenvalue weighted by Gasteiger charge is -2.08. The molecule has 0 atom stereocenters. The second kappa shape index (κ2) is 11.2. The fraction of sp³-hybridized carbons (Fsp3) is 0.174. The number of carbonyl (C=O) groups excluding carboxylic acids is 3. The molecule has 1 N–H and O–H groups in total. The van der Waals surface area contributed by atoms with E-state index < -0.39 is 44.9 Å². The molecule has 1 aromatic heterocycles. The molecule has 3 aromatic rings. The zero-order chi connectivity index (χ0) is 25.6. The van der Waals surface area contributed by atoms with Crippen LogP contribution in [0.1, 0.15) is 27.0 Å². The summed E-state index contributed by atoms with van der Waals surface area (Å²) in [5.74, 6) is -5.92. The number of ether oxygens (including phenoxy) is 2. The lowest BCUT2D eigenvalue weighted by Crippen LogP contribution is -2.21. The molecular weight excluding hydrogens is 504 g/mol. The highest BCUT2D eigenvalue weighted by molar-refractivity contribution is 7.91. The number of hydrogen-bond acceptors (Lipinski definition) is 8. The normalized spacial score (nSPS) is 11.2. The van der Waals surface area contributed by atoms with Crippen molar-refractivity contribution in [2.45, 2.75) is 17.6 Å². The Hall–Kier alpha value is -3.64. The van der Waals surface area contributed by atoms with Gasteiger partial charge in [-0.3, -0.25) is 4.79 Å². The van der Waals surface area contributed by atoms with Crippen LogP contribution in [0.25, 0.3) is 10.4 Å². The Morgan fingerprint density at radius 3 is 2.23 bits per heavy atom. The van der Waals surface area contributed by atoms with Crippen LogP contribution in [-0.4, -0.2) is 45.2 Å². The molecule has 0 unspecified atom stereocenters. The van der Waals surface area contributed by atoms with Crippen LogP contribution in [0, 0.1) is 0 Å². The van der Waals surface area contributed by atoms with Crippen LogP contribution >= 0.6 is 11.3 Å².